The molecule has 0 radical (unpaired) electrons. The monoisotopic (exact) mass is 416 g/mol. The van der Waals surface area contributed by atoms with E-state index in [1.165, 1.54) is 19.4 Å². The minimum Gasteiger partial charge on any atom is -0.399 e. The molecule has 2 aromatic carbocycles. The lowest BCUT2D eigenvalue weighted by Gasteiger charge is -2.23. The number of nitro groups is 1. The summed E-state index contributed by atoms with van der Waals surface area (Å²) in [5.74, 6) is -0.0880. The van der Waals surface area contributed by atoms with E-state index in [1.54, 1.807) is 41.3 Å². The van der Waals surface area contributed by atoms with Crippen LogP contribution in [0.4, 0.5) is 11.4 Å². The Labute approximate surface area is 173 Å². The first-order valence-corrected chi connectivity index (χ1v) is 9.52. The number of benzene rings is 2. The van der Waals surface area contributed by atoms with E-state index >= 15 is 0 Å². The molecule has 0 saturated carbocycles. The first-order chi connectivity index (χ1) is 14.0. The van der Waals surface area contributed by atoms with Gasteiger partial charge in [0.1, 0.15) is 12.8 Å². The van der Waals surface area contributed by atoms with Gasteiger partial charge >= 0.3 is 0 Å². The predicted octanol–water partition coefficient (Wildman–Crippen LogP) is 3.58. The Hall–Kier alpha value is -3.13. The average Bonchev–Trinajstić information content (AvgIpc) is 2.97. The highest BCUT2D eigenvalue weighted by molar-refractivity contribution is 6.30. The molecule has 2 aromatic rings. The third-order valence-corrected chi connectivity index (χ3v) is 4.93. The van der Waals surface area contributed by atoms with Gasteiger partial charge in [0.2, 0.25) is 0 Å². The smallest absolute Gasteiger partial charge is 0.293 e. The van der Waals surface area contributed by atoms with E-state index in [4.69, 9.17) is 11.6 Å². The van der Waals surface area contributed by atoms with Gasteiger partial charge in [0.05, 0.1) is 11.1 Å². The summed E-state index contributed by atoms with van der Waals surface area (Å²) in [5.41, 5.74) is 1.65. The fraction of sp³-hybridized carbons (Fsp3) is 0.300. The molecule has 1 aliphatic heterocycles. The molecule has 0 atom stereocenters. The van der Waals surface area contributed by atoms with Gasteiger partial charge in [0, 0.05) is 48.4 Å². The van der Waals surface area contributed by atoms with Crippen LogP contribution in [0, 0.1) is 10.1 Å². The van der Waals surface area contributed by atoms with Crippen LogP contribution in [0.15, 0.2) is 47.6 Å². The van der Waals surface area contributed by atoms with E-state index < -0.39 is 4.92 Å². The second-order valence-electron chi connectivity index (χ2n) is 6.57. The zero-order chi connectivity index (χ0) is 20.8. The van der Waals surface area contributed by atoms with E-state index in [0.717, 1.165) is 0 Å². The zero-order valence-corrected chi connectivity index (χ0v) is 16.7. The molecule has 1 saturated heterocycles. The summed E-state index contributed by atoms with van der Waals surface area (Å²) in [7, 11) is 1.41. The van der Waals surface area contributed by atoms with Crippen molar-refractivity contribution < 1.29 is 14.6 Å². The number of rotatable bonds is 5. The number of oxime groups is 1. The van der Waals surface area contributed by atoms with Gasteiger partial charge in [-0.2, -0.15) is 0 Å². The van der Waals surface area contributed by atoms with E-state index in [0.29, 0.717) is 54.4 Å². The standard InChI is InChI=1S/C20H21ClN4O4/c1-29-22-14-15-6-7-18(19(12-15)25(27)28)23-8-3-9-24(11-10-23)20(26)16-4-2-5-17(21)13-16/h2,4-7,12-14H,3,8-11H2,1H3/b22-14+. The lowest BCUT2D eigenvalue weighted by atomic mass is 10.1. The average molecular weight is 417 g/mol. The van der Waals surface area contributed by atoms with E-state index in [1.807, 2.05) is 4.90 Å². The van der Waals surface area contributed by atoms with Crippen LogP contribution in [-0.2, 0) is 4.84 Å². The molecule has 1 amide bonds. The van der Waals surface area contributed by atoms with Crippen molar-refractivity contribution in [2.24, 2.45) is 5.16 Å². The molecule has 0 N–H and O–H groups in total. The number of hydrogen-bond donors (Lipinski definition) is 0. The molecule has 29 heavy (non-hydrogen) atoms. The molecule has 0 aromatic heterocycles. The number of anilines is 1. The summed E-state index contributed by atoms with van der Waals surface area (Å²) in [6, 6.07) is 11.8. The fourth-order valence-corrected chi connectivity index (χ4v) is 3.50. The maximum atomic E-state index is 12.8. The molecule has 1 fully saturated rings. The number of hydrogen-bond acceptors (Lipinski definition) is 6. The van der Waals surface area contributed by atoms with Crippen molar-refractivity contribution in [3.63, 3.8) is 0 Å². The van der Waals surface area contributed by atoms with Gasteiger partial charge in [-0.05, 0) is 30.7 Å². The number of nitro benzene ring substituents is 1. The summed E-state index contributed by atoms with van der Waals surface area (Å²) in [4.78, 5) is 32.3. The zero-order valence-electron chi connectivity index (χ0n) is 16.0. The third-order valence-electron chi connectivity index (χ3n) is 4.70. The number of carbonyl (C=O) groups is 1. The van der Waals surface area contributed by atoms with Gasteiger partial charge in [0.15, 0.2) is 0 Å². The maximum absolute atomic E-state index is 12.8. The molecule has 0 bridgehead atoms. The summed E-state index contributed by atoms with van der Waals surface area (Å²) >= 11 is 5.99. The quantitative estimate of drug-likeness (QED) is 0.422. The maximum Gasteiger partial charge on any atom is 0.293 e. The number of nitrogens with zero attached hydrogens (tertiary/aromatic N) is 4. The largest absolute Gasteiger partial charge is 0.399 e. The van der Waals surface area contributed by atoms with E-state index in [-0.39, 0.29) is 11.6 Å². The van der Waals surface area contributed by atoms with Crippen LogP contribution >= 0.6 is 11.6 Å². The molecule has 1 heterocycles. The van der Waals surface area contributed by atoms with Gasteiger partial charge in [-0.25, -0.2) is 0 Å². The molecule has 152 valence electrons. The summed E-state index contributed by atoms with van der Waals surface area (Å²) < 4.78 is 0. The normalized spacial score (nSPS) is 14.7. The Morgan fingerprint density at radius 2 is 2.03 bits per heavy atom. The molecule has 0 aliphatic carbocycles. The van der Waals surface area contributed by atoms with Crippen LogP contribution in [0.3, 0.4) is 0 Å². The number of amides is 1. The van der Waals surface area contributed by atoms with Crippen molar-refractivity contribution in [2.75, 3.05) is 38.2 Å². The highest BCUT2D eigenvalue weighted by Crippen LogP contribution is 2.30. The first kappa shape index (κ1) is 20.6. The van der Waals surface area contributed by atoms with Crippen LogP contribution < -0.4 is 4.90 Å². The lowest BCUT2D eigenvalue weighted by Crippen LogP contribution is -2.35. The van der Waals surface area contributed by atoms with Crippen molar-refractivity contribution >= 4 is 35.1 Å². The highest BCUT2D eigenvalue weighted by Gasteiger charge is 2.25. The molecule has 9 heteroatoms. The minimum absolute atomic E-state index is 0.000305. The van der Waals surface area contributed by atoms with Gasteiger partial charge < -0.3 is 14.6 Å². The van der Waals surface area contributed by atoms with Crippen LogP contribution in [0.1, 0.15) is 22.3 Å². The van der Waals surface area contributed by atoms with Gasteiger partial charge in [0.25, 0.3) is 11.6 Å². The van der Waals surface area contributed by atoms with Crippen molar-refractivity contribution in [2.45, 2.75) is 6.42 Å². The second-order valence-corrected chi connectivity index (χ2v) is 7.00. The SMILES string of the molecule is CO/N=C/c1ccc(N2CCCN(C(=O)c3cccc(Cl)c3)CC2)c([N+](=O)[O-])c1. The fourth-order valence-electron chi connectivity index (χ4n) is 3.31. The van der Waals surface area contributed by atoms with E-state index in [2.05, 4.69) is 9.99 Å². The van der Waals surface area contributed by atoms with Crippen molar-refractivity contribution in [3.8, 4) is 0 Å². The summed E-state index contributed by atoms with van der Waals surface area (Å²) in [6.07, 6.45) is 2.13. The van der Waals surface area contributed by atoms with Crippen LogP contribution in [-0.4, -0.2) is 55.2 Å². The van der Waals surface area contributed by atoms with Gasteiger partial charge in [-0.3, -0.25) is 14.9 Å². The van der Waals surface area contributed by atoms with E-state index in [9.17, 15) is 14.9 Å². The highest BCUT2D eigenvalue weighted by atomic mass is 35.5. The predicted molar refractivity (Wildman–Crippen MR) is 112 cm³/mol. The molecule has 0 unspecified atom stereocenters. The second kappa shape index (κ2) is 9.38. The molecule has 8 nitrogen and oxygen atoms in total. The summed E-state index contributed by atoms with van der Waals surface area (Å²) in [6.45, 7) is 2.16. The van der Waals surface area contributed by atoms with Crippen molar-refractivity contribution in [1.29, 1.82) is 0 Å². The lowest BCUT2D eigenvalue weighted by molar-refractivity contribution is -0.384. The van der Waals surface area contributed by atoms with Crippen molar-refractivity contribution in [1.82, 2.24) is 4.90 Å². The Morgan fingerprint density at radius 3 is 2.76 bits per heavy atom. The van der Waals surface area contributed by atoms with Crippen LogP contribution in [0.25, 0.3) is 0 Å². The summed E-state index contributed by atoms with van der Waals surface area (Å²) in [5, 5.41) is 15.8. The molecular formula is C20H21ClN4O4. The topological polar surface area (TPSA) is 88.3 Å². The Bertz CT molecular complexity index is 934. The van der Waals surface area contributed by atoms with Crippen LogP contribution in [0.2, 0.25) is 5.02 Å². The van der Waals surface area contributed by atoms with Gasteiger partial charge in [-0.15, -0.1) is 0 Å². The molecular weight excluding hydrogens is 396 g/mol. The molecule has 1 aliphatic rings. The molecule has 0 spiro atoms. The first-order valence-electron chi connectivity index (χ1n) is 9.14. The van der Waals surface area contributed by atoms with Crippen molar-refractivity contribution in [3.05, 3.63) is 68.7 Å². The van der Waals surface area contributed by atoms with Gasteiger partial charge in [-0.1, -0.05) is 28.9 Å². The minimum atomic E-state index is -0.404. The Balaban J connectivity index is 1.77. The third kappa shape index (κ3) is 5.03. The van der Waals surface area contributed by atoms with Crippen LogP contribution in [0.5, 0.6) is 0 Å². The number of carbonyl (C=O) groups excluding carboxylic acids is 1. The number of halogens is 1. The molecule has 3 rings (SSSR count). The Morgan fingerprint density at radius 1 is 1.21 bits per heavy atom. The Kier molecular flexibility index (Phi) is 6.66.